The molecule has 0 aliphatic heterocycles. The van der Waals surface area contributed by atoms with Crippen LogP contribution < -0.4 is 5.32 Å². The topological polar surface area (TPSA) is 81.4 Å². The molecule has 0 aliphatic carbocycles. The van der Waals surface area contributed by atoms with Crippen molar-refractivity contribution in [2.24, 2.45) is 0 Å². The summed E-state index contributed by atoms with van der Waals surface area (Å²) in [5, 5.41) is 4.57. The SMILES string of the molecule is CCOC(=O)c1cnc2ccc(-c3nc(NCC(c4ccccc4)c4ccccc4)c4ccccc4n3)cn12. The molecular formula is C32H27N5O2. The first-order chi connectivity index (χ1) is 19.2. The monoisotopic (exact) mass is 513 g/mol. The predicted molar refractivity (Wildman–Crippen MR) is 153 cm³/mol. The second kappa shape index (κ2) is 10.8. The van der Waals surface area contributed by atoms with E-state index in [4.69, 9.17) is 14.7 Å². The first-order valence-electron chi connectivity index (χ1n) is 13.0. The van der Waals surface area contributed by atoms with Crippen LogP contribution in [-0.4, -0.2) is 38.5 Å². The number of carbonyl (C=O) groups excluding carboxylic acids is 1. The lowest BCUT2D eigenvalue weighted by molar-refractivity contribution is 0.0518. The number of hydrogen-bond acceptors (Lipinski definition) is 6. The van der Waals surface area contributed by atoms with Gasteiger partial charge in [0.25, 0.3) is 0 Å². The van der Waals surface area contributed by atoms with Crippen LogP contribution in [0.2, 0.25) is 0 Å². The summed E-state index contributed by atoms with van der Waals surface area (Å²) in [5.74, 6) is 1.03. The summed E-state index contributed by atoms with van der Waals surface area (Å²) in [5.41, 5.74) is 5.06. The van der Waals surface area contributed by atoms with E-state index >= 15 is 0 Å². The van der Waals surface area contributed by atoms with Crippen LogP contribution >= 0.6 is 0 Å². The van der Waals surface area contributed by atoms with Crippen LogP contribution in [0.15, 0.2) is 109 Å². The average molecular weight is 514 g/mol. The van der Waals surface area contributed by atoms with Crippen molar-refractivity contribution < 1.29 is 9.53 Å². The van der Waals surface area contributed by atoms with Gasteiger partial charge in [-0.1, -0.05) is 72.8 Å². The Balaban J connectivity index is 1.39. The number of para-hydroxylation sites is 1. The van der Waals surface area contributed by atoms with E-state index in [1.54, 1.807) is 11.3 Å². The van der Waals surface area contributed by atoms with Gasteiger partial charge >= 0.3 is 5.97 Å². The highest BCUT2D eigenvalue weighted by atomic mass is 16.5. The summed E-state index contributed by atoms with van der Waals surface area (Å²) >= 11 is 0. The standard InChI is InChI=1S/C32H27N5O2/c1-2-39-32(38)28-20-33-29-18-17-24(21-37(28)29)30-35-27-16-10-9-15-25(27)31(36-30)34-19-26(22-11-5-3-6-12-22)23-13-7-4-8-14-23/h3-18,20-21,26H,2,19H2,1H3,(H,34,35,36). The molecule has 3 aromatic heterocycles. The Bertz CT molecular complexity index is 1710. The van der Waals surface area contributed by atoms with Crippen molar-refractivity contribution in [3.63, 3.8) is 0 Å². The first-order valence-corrected chi connectivity index (χ1v) is 13.0. The molecule has 192 valence electrons. The van der Waals surface area contributed by atoms with Crippen molar-refractivity contribution in [2.75, 3.05) is 18.5 Å². The fourth-order valence-electron chi connectivity index (χ4n) is 4.81. The number of anilines is 1. The lowest BCUT2D eigenvalue weighted by atomic mass is 9.91. The molecule has 6 aromatic rings. The molecule has 0 fully saturated rings. The normalized spacial score (nSPS) is 11.2. The Labute approximate surface area is 226 Å². The van der Waals surface area contributed by atoms with Crippen molar-refractivity contribution >= 4 is 28.3 Å². The quantitative estimate of drug-likeness (QED) is 0.238. The number of esters is 1. The minimum Gasteiger partial charge on any atom is -0.461 e. The van der Waals surface area contributed by atoms with Crippen LogP contribution in [-0.2, 0) is 4.74 Å². The van der Waals surface area contributed by atoms with Crippen LogP contribution in [0.5, 0.6) is 0 Å². The molecule has 0 unspecified atom stereocenters. The number of nitrogens with zero attached hydrogens (tertiary/aromatic N) is 4. The van der Waals surface area contributed by atoms with Gasteiger partial charge in [0.2, 0.25) is 0 Å². The van der Waals surface area contributed by atoms with Gasteiger partial charge in [-0.3, -0.25) is 4.40 Å². The van der Waals surface area contributed by atoms with Crippen LogP contribution in [0, 0.1) is 0 Å². The molecule has 0 saturated heterocycles. The van der Waals surface area contributed by atoms with Crippen LogP contribution in [0.25, 0.3) is 27.9 Å². The molecule has 3 heterocycles. The molecule has 0 atom stereocenters. The second-order valence-corrected chi connectivity index (χ2v) is 9.18. The third-order valence-corrected chi connectivity index (χ3v) is 6.73. The third-order valence-electron chi connectivity index (χ3n) is 6.73. The summed E-state index contributed by atoms with van der Waals surface area (Å²) in [7, 11) is 0. The fourth-order valence-corrected chi connectivity index (χ4v) is 4.81. The van der Waals surface area contributed by atoms with Gasteiger partial charge in [-0.15, -0.1) is 0 Å². The molecule has 6 rings (SSSR count). The fraction of sp³-hybridized carbons (Fsp3) is 0.125. The Morgan fingerprint density at radius 2 is 1.56 bits per heavy atom. The molecule has 1 N–H and O–H groups in total. The minimum absolute atomic E-state index is 0.138. The Morgan fingerprint density at radius 3 is 2.28 bits per heavy atom. The summed E-state index contributed by atoms with van der Waals surface area (Å²) in [6, 6.07) is 32.7. The Hall–Kier alpha value is -5.04. The van der Waals surface area contributed by atoms with Gasteiger partial charge < -0.3 is 10.1 Å². The van der Waals surface area contributed by atoms with Gasteiger partial charge in [0.15, 0.2) is 11.5 Å². The summed E-state index contributed by atoms with van der Waals surface area (Å²) in [6.45, 7) is 2.73. The molecule has 0 radical (unpaired) electrons. The molecule has 0 aliphatic rings. The number of ether oxygens (including phenoxy) is 1. The van der Waals surface area contributed by atoms with E-state index in [9.17, 15) is 4.79 Å². The molecule has 7 nitrogen and oxygen atoms in total. The van der Waals surface area contributed by atoms with Crippen molar-refractivity contribution in [3.8, 4) is 11.4 Å². The number of imidazole rings is 1. The van der Waals surface area contributed by atoms with Gasteiger partial charge in [0, 0.05) is 29.6 Å². The maximum atomic E-state index is 12.5. The van der Waals surface area contributed by atoms with Gasteiger partial charge in [-0.25, -0.2) is 19.7 Å². The molecule has 0 bridgehead atoms. The molecule has 3 aromatic carbocycles. The number of benzene rings is 3. The Kier molecular flexibility index (Phi) is 6.70. The van der Waals surface area contributed by atoms with E-state index < -0.39 is 5.97 Å². The number of carbonyl (C=O) groups is 1. The summed E-state index contributed by atoms with van der Waals surface area (Å²) < 4.78 is 6.93. The smallest absolute Gasteiger partial charge is 0.356 e. The highest BCUT2D eigenvalue weighted by Gasteiger charge is 2.18. The van der Waals surface area contributed by atoms with E-state index in [1.807, 2.05) is 54.7 Å². The van der Waals surface area contributed by atoms with Gasteiger partial charge in [-0.05, 0) is 42.3 Å². The number of hydrogen-bond donors (Lipinski definition) is 1. The van der Waals surface area contributed by atoms with Crippen LogP contribution in [0.4, 0.5) is 5.82 Å². The first kappa shape index (κ1) is 24.3. The van der Waals surface area contributed by atoms with Crippen molar-refractivity contribution in [1.82, 2.24) is 19.4 Å². The van der Waals surface area contributed by atoms with E-state index in [0.29, 0.717) is 30.3 Å². The lowest BCUT2D eigenvalue weighted by Crippen LogP contribution is -2.15. The van der Waals surface area contributed by atoms with Gasteiger partial charge in [-0.2, -0.15) is 0 Å². The zero-order valence-electron chi connectivity index (χ0n) is 21.5. The average Bonchev–Trinajstić information content (AvgIpc) is 3.42. The number of aromatic nitrogens is 4. The molecule has 39 heavy (non-hydrogen) atoms. The van der Waals surface area contributed by atoms with Crippen molar-refractivity contribution in [1.29, 1.82) is 0 Å². The van der Waals surface area contributed by atoms with E-state index in [1.165, 1.54) is 17.3 Å². The maximum absolute atomic E-state index is 12.5. The van der Waals surface area contributed by atoms with Crippen LogP contribution in [0.1, 0.15) is 34.5 Å². The van der Waals surface area contributed by atoms with Crippen LogP contribution in [0.3, 0.4) is 0 Å². The van der Waals surface area contributed by atoms with Gasteiger partial charge in [0.1, 0.15) is 11.5 Å². The number of fused-ring (bicyclic) bond motifs is 2. The molecule has 0 amide bonds. The third kappa shape index (κ3) is 4.94. The van der Waals surface area contributed by atoms with Crippen molar-refractivity contribution in [2.45, 2.75) is 12.8 Å². The number of rotatable bonds is 8. The van der Waals surface area contributed by atoms with E-state index in [0.717, 1.165) is 22.3 Å². The highest BCUT2D eigenvalue weighted by molar-refractivity contribution is 5.91. The minimum atomic E-state index is -0.420. The molecule has 0 spiro atoms. The Morgan fingerprint density at radius 1 is 0.872 bits per heavy atom. The molecule has 7 heteroatoms. The predicted octanol–water partition coefficient (Wildman–Crippen LogP) is 6.37. The number of nitrogens with one attached hydrogen (secondary N) is 1. The summed E-state index contributed by atoms with van der Waals surface area (Å²) in [6.07, 6.45) is 3.36. The lowest BCUT2D eigenvalue weighted by Gasteiger charge is -2.20. The zero-order valence-corrected chi connectivity index (χ0v) is 21.5. The van der Waals surface area contributed by atoms with E-state index in [-0.39, 0.29) is 5.92 Å². The van der Waals surface area contributed by atoms with Crippen molar-refractivity contribution in [3.05, 3.63) is 126 Å². The molecule has 0 saturated carbocycles. The zero-order chi connectivity index (χ0) is 26.6. The largest absolute Gasteiger partial charge is 0.461 e. The van der Waals surface area contributed by atoms with E-state index in [2.05, 4.69) is 58.8 Å². The molecular weight excluding hydrogens is 486 g/mol. The highest BCUT2D eigenvalue weighted by Crippen LogP contribution is 2.29. The maximum Gasteiger partial charge on any atom is 0.356 e. The number of pyridine rings is 1. The van der Waals surface area contributed by atoms with Gasteiger partial charge in [0.05, 0.1) is 18.3 Å². The summed E-state index contributed by atoms with van der Waals surface area (Å²) in [4.78, 5) is 26.6. The second-order valence-electron chi connectivity index (χ2n) is 9.18.